The van der Waals surface area contributed by atoms with Crippen molar-refractivity contribution in [2.75, 3.05) is 6.61 Å². The maximum absolute atomic E-state index is 13.5. The predicted molar refractivity (Wildman–Crippen MR) is 63.7 cm³/mol. The van der Waals surface area contributed by atoms with Gasteiger partial charge < -0.3 is 9.84 Å². The summed E-state index contributed by atoms with van der Waals surface area (Å²) in [6.45, 7) is 2.35. The van der Waals surface area contributed by atoms with Gasteiger partial charge in [-0.1, -0.05) is 0 Å². The molecular formula is C13H13FN2O2. The summed E-state index contributed by atoms with van der Waals surface area (Å²) in [7, 11) is 0. The molecule has 0 amide bonds. The highest BCUT2D eigenvalue weighted by Crippen LogP contribution is 2.24. The molecule has 4 nitrogen and oxygen atoms in total. The van der Waals surface area contributed by atoms with E-state index in [1.165, 1.54) is 30.7 Å². The number of nitrogens with zero attached hydrogens (tertiary/aromatic N) is 2. The molecule has 0 bridgehead atoms. The number of hydrogen-bond acceptors (Lipinski definition) is 4. The summed E-state index contributed by atoms with van der Waals surface area (Å²) < 4.78 is 18.8. The molecule has 0 spiro atoms. The van der Waals surface area contributed by atoms with Gasteiger partial charge in [-0.25, -0.2) is 4.39 Å². The van der Waals surface area contributed by atoms with Crippen molar-refractivity contribution in [3.05, 3.63) is 53.9 Å². The Morgan fingerprint density at radius 1 is 1.44 bits per heavy atom. The predicted octanol–water partition coefficient (Wildman–Crippen LogP) is 2.10. The van der Waals surface area contributed by atoms with Crippen LogP contribution in [-0.4, -0.2) is 21.7 Å². The minimum atomic E-state index is -1.15. The zero-order valence-electron chi connectivity index (χ0n) is 9.88. The second-order valence-electron chi connectivity index (χ2n) is 3.66. The third kappa shape index (κ3) is 2.62. The van der Waals surface area contributed by atoms with Crippen molar-refractivity contribution in [1.82, 2.24) is 9.97 Å². The highest BCUT2D eigenvalue weighted by atomic mass is 19.1. The molecule has 1 unspecified atom stereocenters. The minimum Gasteiger partial charge on any atom is -0.492 e. The van der Waals surface area contributed by atoms with Gasteiger partial charge in [0.2, 0.25) is 0 Å². The van der Waals surface area contributed by atoms with E-state index in [4.69, 9.17) is 4.74 Å². The van der Waals surface area contributed by atoms with Crippen LogP contribution in [0.15, 0.2) is 36.8 Å². The first-order valence-corrected chi connectivity index (χ1v) is 5.58. The maximum atomic E-state index is 13.5. The van der Waals surface area contributed by atoms with E-state index in [0.717, 1.165) is 0 Å². The summed E-state index contributed by atoms with van der Waals surface area (Å²) in [6.07, 6.45) is 3.27. The molecule has 1 atom stereocenters. The van der Waals surface area contributed by atoms with Gasteiger partial charge >= 0.3 is 0 Å². The molecule has 0 aliphatic heterocycles. The normalized spacial score (nSPS) is 12.2. The molecule has 5 heteroatoms. The lowest BCUT2D eigenvalue weighted by Crippen LogP contribution is -2.06. The molecule has 1 N–H and O–H groups in total. The monoisotopic (exact) mass is 248 g/mol. The summed E-state index contributed by atoms with van der Waals surface area (Å²) in [4.78, 5) is 7.78. The smallest absolute Gasteiger partial charge is 0.147 e. The number of rotatable bonds is 4. The summed E-state index contributed by atoms with van der Waals surface area (Å²) in [5.74, 6) is -0.0165. The van der Waals surface area contributed by atoms with Crippen LogP contribution in [0.4, 0.5) is 4.39 Å². The molecule has 0 saturated carbocycles. The molecule has 0 saturated heterocycles. The molecule has 0 radical (unpaired) electrons. The standard InChI is InChI=1S/C13H13FN2O2/c1-2-18-10-6-9(7-15-8-10)13(17)12-11(14)4-3-5-16-12/h3-8,13,17H,2H2,1H3. The molecule has 0 fully saturated rings. The lowest BCUT2D eigenvalue weighted by atomic mass is 10.1. The molecule has 18 heavy (non-hydrogen) atoms. The fourth-order valence-corrected chi connectivity index (χ4v) is 1.59. The highest BCUT2D eigenvalue weighted by molar-refractivity contribution is 5.30. The Labute approximate surface area is 104 Å². The highest BCUT2D eigenvalue weighted by Gasteiger charge is 2.17. The van der Waals surface area contributed by atoms with Crippen LogP contribution in [0, 0.1) is 5.82 Å². The fraction of sp³-hybridized carbons (Fsp3) is 0.231. The van der Waals surface area contributed by atoms with Gasteiger partial charge in [-0.05, 0) is 25.1 Å². The Kier molecular flexibility index (Phi) is 3.84. The third-order valence-corrected chi connectivity index (χ3v) is 2.41. The van der Waals surface area contributed by atoms with Crippen LogP contribution in [0.1, 0.15) is 24.3 Å². The molecule has 2 aromatic heterocycles. The van der Waals surface area contributed by atoms with Gasteiger partial charge in [-0.3, -0.25) is 9.97 Å². The van der Waals surface area contributed by atoms with Crippen LogP contribution in [0.2, 0.25) is 0 Å². The Morgan fingerprint density at radius 2 is 2.28 bits per heavy atom. The SMILES string of the molecule is CCOc1cncc(C(O)c2ncccc2F)c1. The van der Waals surface area contributed by atoms with Crippen molar-refractivity contribution >= 4 is 0 Å². The molecule has 0 aliphatic rings. The van der Waals surface area contributed by atoms with E-state index in [1.807, 2.05) is 6.92 Å². The first kappa shape index (κ1) is 12.4. The topological polar surface area (TPSA) is 55.2 Å². The van der Waals surface area contributed by atoms with Crippen molar-refractivity contribution in [1.29, 1.82) is 0 Å². The van der Waals surface area contributed by atoms with Crippen LogP contribution in [0.25, 0.3) is 0 Å². The number of halogens is 1. The fourth-order valence-electron chi connectivity index (χ4n) is 1.59. The van der Waals surface area contributed by atoms with E-state index < -0.39 is 11.9 Å². The molecule has 2 rings (SSSR count). The van der Waals surface area contributed by atoms with E-state index in [9.17, 15) is 9.50 Å². The molecule has 2 aromatic rings. The number of aliphatic hydroxyl groups excluding tert-OH is 1. The number of pyridine rings is 2. The maximum Gasteiger partial charge on any atom is 0.147 e. The van der Waals surface area contributed by atoms with Gasteiger partial charge in [-0.15, -0.1) is 0 Å². The lowest BCUT2D eigenvalue weighted by molar-refractivity contribution is 0.208. The third-order valence-electron chi connectivity index (χ3n) is 2.41. The van der Waals surface area contributed by atoms with Gasteiger partial charge in [0.1, 0.15) is 23.4 Å². The number of ether oxygens (including phenoxy) is 1. The van der Waals surface area contributed by atoms with Gasteiger partial charge in [0.25, 0.3) is 0 Å². The first-order valence-electron chi connectivity index (χ1n) is 5.58. The van der Waals surface area contributed by atoms with Crippen LogP contribution in [0.3, 0.4) is 0 Å². The van der Waals surface area contributed by atoms with E-state index in [-0.39, 0.29) is 5.69 Å². The van der Waals surface area contributed by atoms with Crippen LogP contribution >= 0.6 is 0 Å². The quantitative estimate of drug-likeness (QED) is 0.900. The average Bonchev–Trinajstić information content (AvgIpc) is 2.39. The summed E-state index contributed by atoms with van der Waals surface area (Å²) in [5, 5.41) is 10.1. The van der Waals surface area contributed by atoms with Gasteiger partial charge in [0.15, 0.2) is 0 Å². The summed E-state index contributed by atoms with van der Waals surface area (Å²) in [5.41, 5.74) is 0.423. The van der Waals surface area contributed by atoms with Gasteiger partial charge in [0.05, 0.1) is 12.8 Å². The van der Waals surface area contributed by atoms with Gasteiger partial charge in [0, 0.05) is 18.0 Å². The Hall–Kier alpha value is -2.01. The van der Waals surface area contributed by atoms with Crippen molar-refractivity contribution in [3.63, 3.8) is 0 Å². The second kappa shape index (κ2) is 5.55. The Morgan fingerprint density at radius 3 is 3.00 bits per heavy atom. The van der Waals surface area contributed by atoms with E-state index in [1.54, 1.807) is 6.07 Å². The minimum absolute atomic E-state index is 0.0204. The zero-order valence-corrected chi connectivity index (χ0v) is 9.88. The lowest BCUT2D eigenvalue weighted by Gasteiger charge is -2.12. The Bertz CT molecular complexity index is 534. The first-order chi connectivity index (χ1) is 8.72. The molecular weight excluding hydrogens is 235 g/mol. The summed E-state index contributed by atoms with van der Waals surface area (Å²) >= 11 is 0. The van der Waals surface area contributed by atoms with Crippen LogP contribution < -0.4 is 4.74 Å². The van der Waals surface area contributed by atoms with Crippen molar-refractivity contribution < 1.29 is 14.2 Å². The number of aliphatic hydroxyl groups is 1. The molecule has 2 heterocycles. The van der Waals surface area contributed by atoms with Crippen LogP contribution in [-0.2, 0) is 0 Å². The molecule has 0 aliphatic carbocycles. The number of aromatic nitrogens is 2. The Balaban J connectivity index is 2.31. The van der Waals surface area contributed by atoms with Crippen molar-refractivity contribution in [3.8, 4) is 5.75 Å². The van der Waals surface area contributed by atoms with E-state index in [2.05, 4.69) is 9.97 Å². The van der Waals surface area contributed by atoms with Crippen molar-refractivity contribution in [2.24, 2.45) is 0 Å². The number of hydrogen-bond donors (Lipinski definition) is 1. The van der Waals surface area contributed by atoms with Gasteiger partial charge in [-0.2, -0.15) is 0 Å². The molecule has 0 aromatic carbocycles. The van der Waals surface area contributed by atoms with E-state index in [0.29, 0.717) is 17.9 Å². The van der Waals surface area contributed by atoms with Crippen LogP contribution in [0.5, 0.6) is 5.75 Å². The largest absolute Gasteiger partial charge is 0.492 e. The zero-order chi connectivity index (χ0) is 13.0. The average molecular weight is 248 g/mol. The van der Waals surface area contributed by atoms with Crippen molar-refractivity contribution in [2.45, 2.75) is 13.0 Å². The summed E-state index contributed by atoms with van der Waals surface area (Å²) in [6, 6.07) is 4.35. The van der Waals surface area contributed by atoms with E-state index >= 15 is 0 Å². The molecule has 94 valence electrons. The second-order valence-corrected chi connectivity index (χ2v) is 3.66.